The van der Waals surface area contributed by atoms with Crippen molar-refractivity contribution in [3.8, 4) is 5.88 Å². The van der Waals surface area contributed by atoms with Crippen molar-refractivity contribution in [1.82, 2.24) is 15.0 Å². The molecule has 0 fully saturated rings. The van der Waals surface area contributed by atoms with Crippen LogP contribution in [-0.2, 0) is 14.8 Å². The Hall–Kier alpha value is -3.57. The first-order valence-electron chi connectivity index (χ1n) is 8.66. The van der Waals surface area contributed by atoms with Gasteiger partial charge in [0.25, 0.3) is 15.9 Å². The maximum Gasteiger partial charge on any atom is 0.263 e. The molecule has 0 aliphatic heterocycles. The number of para-hydroxylation sites is 1. The number of aromatic nitrogens is 3. The Bertz CT molecular complexity index is 1270. The number of benzene rings is 2. The van der Waals surface area contributed by atoms with Gasteiger partial charge >= 0.3 is 0 Å². The molecule has 4 rings (SSSR count). The fraction of sp³-hybridized carbons (Fsp3) is 0.0526. The van der Waals surface area contributed by atoms with Gasteiger partial charge in [0.15, 0.2) is 11.7 Å². The van der Waals surface area contributed by atoms with Crippen LogP contribution in [-0.4, -0.2) is 35.9 Å². The first-order chi connectivity index (χ1) is 14.5. The van der Waals surface area contributed by atoms with E-state index in [2.05, 4.69) is 25.0 Å². The molecular formula is C19H15N5O4S2. The van der Waals surface area contributed by atoms with Gasteiger partial charge in [-0.3, -0.25) is 9.52 Å². The molecule has 2 N–H and O–H groups in total. The van der Waals surface area contributed by atoms with Crippen LogP contribution in [0.3, 0.4) is 0 Å². The number of carbonyl (C=O) groups excluding carboxylic acids is 1. The van der Waals surface area contributed by atoms with Gasteiger partial charge in [0.2, 0.25) is 5.88 Å². The molecule has 0 spiro atoms. The number of anilines is 2. The monoisotopic (exact) mass is 441 g/mol. The Morgan fingerprint density at radius 1 is 1.03 bits per heavy atom. The van der Waals surface area contributed by atoms with Crippen molar-refractivity contribution in [2.75, 3.05) is 16.6 Å². The Morgan fingerprint density at radius 2 is 1.83 bits per heavy atom. The normalized spacial score (nSPS) is 11.2. The number of nitrogens with one attached hydrogen (secondary N) is 2. The summed E-state index contributed by atoms with van der Waals surface area (Å²) in [6.07, 6.45) is 2.88. The van der Waals surface area contributed by atoms with Crippen LogP contribution in [0.1, 0.15) is 0 Å². The van der Waals surface area contributed by atoms with Gasteiger partial charge in [-0.2, -0.15) is 0 Å². The zero-order chi connectivity index (χ0) is 21.0. The average Bonchev–Trinajstić information content (AvgIpc) is 3.25. The third kappa shape index (κ3) is 4.53. The van der Waals surface area contributed by atoms with Gasteiger partial charge in [-0.1, -0.05) is 12.1 Å². The minimum atomic E-state index is -3.75. The summed E-state index contributed by atoms with van der Waals surface area (Å²) in [7, 11) is -3.75. The third-order valence-corrected chi connectivity index (χ3v) is 6.12. The van der Waals surface area contributed by atoms with Crippen LogP contribution in [0.2, 0.25) is 0 Å². The highest BCUT2D eigenvalue weighted by atomic mass is 32.2. The van der Waals surface area contributed by atoms with E-state index >= 15 is 0 Å². The molecule has 11 heteroatoms. The molecule has 2 aromatic heterocycles. The molecule has 0 aliphatic rings. The number of ether oxygens (including phenoxy) is 1. The van der Waals surface area contributed by atoms with Crippen molar-refractivity contribution in [2.45, 2.75) is 4.90 Å². The van der Waals surface area contributed by atoms with Gasteiger partial charge in [-0.15, -0.1) is 11.3 Å². The molecule has 4 aromatic rings. The molecule has 0 atom stereocenters. The van der Waals surface area contributed by atoms with E-state index in [1.165, 1.54) is 48.1 Å². The summed E-state index contributed by atoms with van der Waals surface area (Å²) in [5.74, 6) is -0.0975. The number of fused-ring (bicyclic) bond motifs is 1. The maximum absolute atomic E-state index is 12.3. The Labute approximate surface area is 175 Å². The van der Waals surface area contributed by atoms with Crippen LogP contribution >= 0.6 is 11.3 Å². The summed E-state index contributed by atoms with van der Waals surface area (Å²) in [4.78, 5) is 24.4. The van der Waals surface area contributed by atoms with E-state index in [1.807, 2.05) is 24.3 Å². The summed E-state index contributed by atoms with van der Waals surface area (Å²) < 4.78 is 32.6. The summed E-state index contributed by atoms with van der Waals surface area (Å²) in [5.41, 5.74) is 1.15. The molecule has 0 saturated heterocycles. The van der Waals surface area contributed by atoms with Gasteiger partial charge in [-0.05, 0) is 36.4 Å². The largest absolute Gasteiger partial charge is 0.467 e. The second kappa shape index (κ2) is 8.43. The molecule has 2 aromatic carbocycles. The van der Waals surface area contributed by atoms with E-state index in [-0.39, 0.29) is 16.6 Å². The number of hydrogen-bond acceptors (Lipinski definition) is 8. The van der Waals surface area contributed by atoms with Crippen LogP contribution in [0, 0.1) is 0 Å². The zero-order valence-corrected chi connectivity index (χ0v) is 17.0. The number of rotatable bonds is 7. The Kier molecular flexibility index (Phi) is 5.55. The lowest BCUT2D eigenvalue weighted by atomic mass is 10.2. The Balaban J connectivity index is 1.38. The lowest BCUT2D eigenvalue weighted by molar-refractivity contribution is -0.118. The minimum absolute atomic E-state index is 0.0550. The quantitative estimate of drug-likeness (QED) is 0.452. The van der Waals surface area contributed by atoms with E-state index in [1.54, 1.807) is 5.38 Å². The fourth-order valence-electron chi connectivity index (χ4n) is 2.59. The number of nitrogens with zero attached hydrogens (tertiary/aromatic N) is 3. The number of hydrogen-bond donors (Lipinski definition) is 2. The first kappa shape index (κ1) is 19.7. The zero-order valence-electron chi connectivity index (χ0n) is 15.3. The SMILES string of the molecule is O=C(COc1ncnc2ccccc12)Nc1ccc(S(=O)(=O)Nc2nccs2)cc1. The van der Waals surface area contributed by atoms with Crippen molar-refractivity contribution < 1.29 is 17.9 Å². The fourth-order valence-corrected chi connectivity index (χ4v) is 4.38. The molecule has 0 unspecified atom stereocenters. The topological polar surface area (TPSA) is 123 Å². The van der Waals surface area contributed by atoms with E-state index in [9.17, 15) is 13.2 Å². The van der Waals surface area contributed by atoms with Crippen molar-refractivity contribution >= 4 is 49.0 Å². The summed E-state index contributed by atoms with van der Waals surface area (Å²) in [6, 6.07) is 13.1. The van der Waals surface area contributed by atoms with Crippen LogP contribution in [0.4, 0.5) is 10.8 Å². The van der Waals surface area contributed by atoms with Crippen molar-refractivity contribution in [3.05, 3.63) is 66.4 Å². The smallest absolute Gasteiger partial charge is 0.263 e. The van der Waals surface area contributed by atoms with Crippen LogP contribution < -0.4 is 14.8 Å². The second-order valence-electron chi connectivity index (χ2n) is 6.00. The summed E-state index contributed by atoms with van der Waals surface area (Å²) in [5, 5.41) is 5.30. The van der Waals surface area contributed by atoms with Crippen LogP contribution in [0.15, 0.2) is 71.3 Å². The molecule has 2 heterocycles. The summed E-state index contributed by atoms with van der Waals surface area (Å²) in [6.45, 7) is -0.257. The molecule has 0 saturated carbocycles. The number of sulfonamides is 1. The molecule has 0 radical (unpaired) electrons. The standard InChI is InChI=1S/C19H15N5O4S2/c25-17(11-28-18-15-3-1-2-4-16(15)21-12-22-18)23-13-5-7-14(8-6-13)30(26,27)24-19-20-9-10-29-19/h1-10,12H,11H2,(H,20,24)(H,23,25). The predicted molar refractivity (Wildman–Crippen MR) is 113 cm³/mol. The van der Waals surface area contributed by atoms with Crippen molar-refractivity contribution in [3.63, 3.8) is 0 Å². The maximum atomic E-state index is 12.3. The number of amides is 1. The molecule has 0 bridgehead atoms. The molecule has 9 nitrogen and oxygen atoms in total. The highest BCUT2D eigenvalue weighted by Crippen LogP contribution is 2.21. The van der Waals surface area contributed by atoms with Crippen LogP contribution in [0.25, 0.3) is 10.9 Å². The van der Waals surface area contributed by atoms with Gasteiger partial charge in [0, 0.05) is 17.3 Å². The second-order valence-corrected chi connectivity index (χ2v) is 8.58. The van der Waals surface area contributed by atoms with Crippen LogP contribution in [0.5, 0.6) is 5.88 Å². The van der Waals surface area contributed by atoms with E-state index < -0.39 is 15.9 Å². The molecular weight excluding hydrogens is 426 g/mol. The van der Waals surface area contributed by atoms with Crippen molar-refractivity contribution in [2.24, 2.45) is 0 Å². The molecule has 30 heavy (non-hydrogen) atoms. The van der Waals surface area contributed by atoms with E-state index in [4.69, 9.17) is 4.74 Å². The van der Waals surface area contributed by atoms with Crippen molar-refractivity contribution in [1.29, 1.82) is 0 Å². The summed E-state index contributed by atoms with van der Waals surface area (Å²) >= 11 is 1.18. The minimum Gasteiger partial charge on any atom is -0.467 e. The van der Waals surface area contributed by atoms with E-state index in [0.717, 1.165) is 0 Å². The first-order valence-corrected chi connectivity index (χ1v) is 11.0. The molecule has 0 aliphatic carbocycles. The Morgan fingerprint density at radius 3 is 2.60 bits per heavy atom. The van der Waals surface area contributed by atoms with Gasteiger partial charge in [0.1, 0.15) is 6.33 Å². The third-order valence-electron chi connectivity index (χ3n) is 3.95. The number of thiazole rings is 1. The van der Waals surface area contributed by atoms with Gasteiger partial charge in [-0.25, -0.2) is 23.4 Å². The predicted octanol–water partition coefficient (Wildman–Crippen LogP) is 2.90. The lowest BCUT2D eigenvalue weighted by Gasteiger charge is -2.09. The highest BCUT2D eigenvalue weighted by molar-refractivity contribution is 7.93. The van der Waals surface area contributed by atoms with Gasteiger partial charge in [0.05, 0.1) is 15.8 Å². The average molecular weight is 441 g/mol. The van der Waals surface area contributed by atoms with E-state index in [0.29, 0.717) is 22.5 Å². The number of carbonyl (C=O) groups is 1. The lowest BCUT2D eigenvalue weighted by Crippen LogP contribution is -2.20. The molecule has 1 amide bonds. The molecule has 152 valence electrons. The van der Waals surface area contributed by atoms with Gasteiger partial charge < -0.3 is 10.1 Å². The highest BCUT2D eigenvalue weighted by Gasteiger charge is 2.15.